The van der Waals surface area contributed by atoms with Crippen molar-refractivity contribution in [2.75, 3.05) is 7.05 Å². The number of aryl methyl sites for hydroxylation is 2. The number of benzene rings is 2. The molecule has 0 saturated carbocycles. The highest BCUT2D eigenvalue weighted by molar-refractivity contribution is 5.37. The van der Waals surface area contributed by atoms with E-state index in [0.717, 1.165) is 17.2 Å². The lowest BCUT2D eigenvalue weighted by Gasteiger charge is -2.19. The molecule has 1 atom stereocenters. The van der Waals surface area contributed by atoms with Crippen molar-refractivity contribution in [3.8, 4) is 0 Å². The van der Waals surface area contributed by atoms with Gasteiger partial charge in [-0.3, -0.25) is 0 Å². The quantitative estimate of drug-likeness (QED) is 0.883. The van der Waals surface area contributed by atoms with Crippen molar-refractivity contribution in [1.82, 2.24) is 5.32 Å². The summed E-state index contributed by atoms with van der Waals surface area (Å²) in [6.07, 6.45) is 0. The largest absolute Gasteiger partial charge is 0.309 e. The van der Waals surface area contributed by atoms with Crippen LogP contribution in [0.3, 0.4) is 0 Å². The fourth-order valence-corrected chi connectivity index (χ4v) is 2.19. The Kier molecular flexibility index (Phi) is 3.96. The van der Waals surface area contributed by atoms with E-state index in [4.69, 9.17) is 0 Å². The second kappa shape index (κ2) is 5.49. The maximum atomic E-state index is 13.9. The predicted octanol–water partition coefficient (Wildman–Crippen LogP) is 3.89. The first-order valence-electron chi connectivity index (χ1n) is 6.23. The molecule has 0 radical (unpaired) electrons. The number of halogens is 2. The van der Waals surface area contributed by atoms with Gasteiger partial charge in [0.2, 0.25) is 0 Å². The number of hydrogen-bond donors (Lipinski definition) is 1. The minimum absolute atomic E-state index is 0.325. The molecule has 2 rings (SSSR count). The van der Waals surface area contributed by atoms with E-state index in [-0.39, 0.29) is 6.04 Å². The molecule has 0 bridgehead atoms. The Balaban J connectivity index is 2.50. The van der Waals surface area contributed by atoms with Gasteiger partial charge < -0.3 is 5.32 Å². The molecule has 0 aromatic heterocycles. The van der Waals surface area contributed by atoms with E-state index in [1.807, 2.05) is 32.0 Å². The molecule has 2 aromatic rings. The molecule has 100 valence electrons. The smallest absolute Gasteiger partial charge is 0.163 e. The summed E-state index contributed by atoms with van der Waals surface area (Å²) in [6.45, 7) is 4.03. The Morgan fingerprint density at radius 1 is 1.00 bits per heavy atom. The lowest BCUT2D eigenvalue weighted by atomic mass is 9.95. The first-order chi connectivity index (χ1) is 9.04. The summed E-state index contributed by atoms with van der Waals surface area (Å²) in [5.74, 6) is -1.61. The topological polar surface area (TPSA) is 12.0 Å². The van der Waals surface area contributed by atoms with Crippen LogP contribution < -0.4 is 5.32 Å². The van der Waals surface area contributed by atoms with Crippen LogP contribution >= 0.6 is 0 Å². The zero-order valence-corrected chi connectivity index (χ0v) is 11.3. The zero-order chi connectivity index (χ0) is 14.0. The van der Waals surface area contributed by atoms with Crippen molar-refractivity contribution < 1.29 is 8.78 Å². The van der Waals surface area contributed by atoms with Crippen LogP contribution in [-0.4, -0.2) is 7.05 Å². The van der Waals surface area contributed by atoms with Gasteiger partial charge in [-0.1, -0.05) is 30.3 Å². The molecule has 0 aliphatic carbocycles. The van der Waals surface area contributed by atoms with Gasteiger partial charge in [0.25, 0.3) is 0 Å². The summed E-state index contributed by atoms with van der Waals surface area (Å²) in [6, 6.07) is 9.84. The summed E-state index contributed by atoms with van der Waals surface area (Å²) in [5.41, 5.74) is 3.56. The molecule has 0 heterocycles. The molecule has 1 nitrogen and oxygen atoms in total. The Bertz CT molecular complexity index is 593. The molecule has 1 unspecified atom stereocenters. The van der Waals surface area contributed by atoms with Gasteiger partial charge >= 0.3 is 0 Å². The summed E-state index contributed by atoms with van der Waals surface area (Å²) in [4.78, 5) is 0. The zero-order valence-electron chi connectivity index (χ0n) is 11.3. The third kappa shape index (κ3) is 2.66. The monoisotopic (exact) mass is 261 g/mol. The Morgan fingerprint density at radius 2 is 1.74 bits per heavy atom. The highest BCUT2D eigenvalue weighted by Crippen LogP contribution is 2.26. The van der Waals surface area contributed by atoms with Crippen LogP contribution in [0, 0.1) is 25.5 Å². The van der Waals surface area contributed by atoms with E-state index in [9.17, 15) is 8.78 Å². The first-order valence-corrected chi connectivity index (χ1v) is 6.23. The molecule has 0 aliphatic heterocycles. The maximum absolute atomic E-state index is 13.9. The Morgan fingerprint density at radius 3 is 2.37 bits per heavy atom. The van der Waals surface area contributed by atoms with Gasteiger partial charge in [-0.25, -0.2) is 8.78 Å². The van der Waals surface area contributed by atoms with Crippen molar-refractivity contribution in [3.05, 3.63) is 70.3 Å². The molecular weight excluding hydrogens is 244 g/mol. The normalized spacial score (nSPS) is 12.5. The Labute approximate surface area is 112 Å². The molecule has 0 amide bonds. The highest BCUT2D eigenvalue weighted by atomic mass is 19.2. The molecule has 2 aromatic carbocycles. The van der Waals surface area contributed by atoms with E-state index in [2.05, 4.69) is 5.32 Å². The van der Waals surface area contributed by atoms with Crippen LogP contribution in [0.5, 0.6) is 0 Å². The second-order valence-corrected chi connectivity index (χ2v) is 4.71. The molecule has 0 saturated heterocycles. The molecule has 1 N–H and O–H groups in total. The van der Waals surface area contributed by atoms with Crippen molar-refractivity contribution in [1.29, 1.82) is 0 Å². The third-order valence-corrected chi connectivity index (χ3v) is 3.45. The highest BCUT2D eigenvalue weighted by Gasteiger charge is 2.18. The summed E-state index contributed by atoms with van der Waals surface area (Å²) in [7, 11) is 1.74. The van der Waals surface area contributed by atoms with Crippen LogP contribution in [0.25, 0.3) is 0 Å². The fourth-order valence-electron chi connectivity index (χ4n) is 2.19. The molecule has 19 heavy (non-hydrogen) atoms. The lowest BCUT2D eigenvalue weighted by Crippen LogP contribution is -2.19. The summed E-state index contributed by atoms with van der Waals surface area (Å²) < 4.78 is 27.2. The maximum Gasteiger partial charge on any atom is 0.163 e. The van der Waals surface area contributed by atoms with Crippen LogP contribution in [0.1, 0.15) is 28.3 Å². The van der Waals surface area contributed by atoms with Crippen molar-refractivity contribution in [3.63, 3.8) is 0 Å². The van der Waals surface area contributed by atoms with Gasteiger partial charge in [-0.05, 0) is 43.7 Å². The van der Waals surface area contributed by atoms with Gasteiger partial charge in [0.15, 0.2) is 11.6 Å². The average Bonchev–Trinajstić information content (AvgIpc) is 2.39. The molecule has 0 aliphatic rings. The van der Waals surface area contributed by atoms with Gasteiger partial charge in [-0.2, -0.15) is 0 Å². The van der Waals surface area contributed by atoms with Crippen molar-refractivity contribution in [2.45, 2.75) is 19.9 Å². The average molecular weight is 261 g/mol. The van der Waals surface area contributed by atoms with Crippen LogP contribution in [0.15, 0.2) is 36.4 Å². The van der Waals surface area contributed by atoms with Gasteiger partial charge in [0.1, 0.15) is 0 Å². The molecule has 0 fully saturated rings. The van der Waals surface area contributed by atoms with Crippen molar-refractivity contribution in [2.24, 2.45) is 0 Å². The fraction of sp³-hybridized carbons (Fsp3) is 0.250. The van der Waals surface area contributed by atoms with E-state index in [1.54, 1.807) is 13.1 Å². The molecule has 0 spiro atoms. The molecular formula is C16H17F2N. The van der Waals surface area contributed by atoms with Crippen molar-refractivity contribution >= 4 is 0 Å². The van der Waals surface area contributed by atoms with Gasteiger partial charge in [0.05, 0.1) is 6.04 Å². The third-order valence-electron chi connectivity index (χ3n) is 3.45. The van der Waals surface area contributed by atoms with E-state index < -0.39 is 11.6 Å². The van der Waals surface area contributed by atoms with Crippen LogP contribution in [0.2, 0.25) is 0 Å². The SMILES string of the molecule is CNC(c1ccc(C)c(C)c1)c1cccc(F)c1F. The number of nitrogens with one attached hydrogen (secondary N) is 1. The number of hydrogen-bond acceptors (Lipinski definition) is 1. The molecule has 3 heteroatoms. The van der Waals surface area contributed by atoms with Gasteiger partial charge in [0, 0.05) is 5.56 Å². The Hall–Kier alpha value is -1.74. The van der Waals surface area contributed by atoms with Gasteiger partial charge in [-0.15, -0.1) is 0 Å². The standard InChI is InChI=1S/C16H17F2N/c1-10-7-8-12(9-11(10)2)16(19-3)13-5-4-6-14(17)15(13)18/h4-9,16,19H,1-3H3. The summed E-state index contributed by atoms with van der Waals surface area (Å²) in [5, 5.41) is 3.04. The minimum atomic E-state index is -0.818. The van der Waals surface area contributed by atoms with Crippen LogP contribution in [0.4, 0.5) is 8.78 Å². The van der Waals surface area contributed by atoms with E-state index >= 15 is 0 Å². The second-order valence-electron chi connectivity index (χ2n) is 4.71. The van der Waals surface area contributed by atoms with E-state index in [1.165, 1.54) is 11.6 Å². The minimum Gasteiger partial charge on any atom is -0.309 e. The summed E-state index contributed by atoms with van der Waals surface area (Å²) >= 11 is 0. The van der Waals surface area contributed by atoms with E-state index in [0.29, 0.717) is 5.56 Å². The number of rotatable bonds is 3. The predicted molar refractivity (Wildman–Crippen MR) is 73.2 cm³/mol. The van der Waals surface area contributed by atoms with Crippen LogP contribution in [-0.2, 0) is 0 Å². The lowest BCUT2D eigenvalue weighted by molar-refractivity contribution is 0.487. The first kappa shape index (κ1) is 13.7.